The molecule has 0 unspecified atom stereocenters. The molecular weight excluding hydrogens is 323 g/mol. The molecule has 1 aliphatic heterocycles. The first-order chi connectivity index (χ1) is 11.6. The number of hydrogen-bond acceptors (Lipinski definition) is 5. The highest BCUT2D eigenvalue weighted by Crippen LogP contribution is 2.39. The lowest BCUT2D eigenvalue weighted by Crippen LogP contribution is -2.41. The van der Waals surface area contributed by atoms with Crippen molar-refractivity contribution in [2.24, 2.45) is 0 Å². The van der Waals surface area contributed by atoms with Crippen molar-refractivity contribution in [1.82, 2.24) is 0 Å². The second-order valence-corrected chi connectivity index (χ2v) is 7.11. The van der Waals surface area contributed by atoms with Crippen molar-refractivity contribution in [1.29, 1.82) is 0 Å². The third kappa shape index (κ3) is 4.23. The average Bonchev–Trinajstić information content (AvgIpc) is 2.72. The van der Waals surface area contributed by atoms with Gasteiger partial charge in [0.1, 0.15) is 5.75 Å². The van der Waals surface area contributed by atoms with E-state index in [2.05, 4.69) is 0 Å². The number of aliphatic hydroxyl groups is 1. The lowest BCUT2D eigenvalue weighted by molar-refractivity contribution is -0.136. The summed E-state index contributed by atoms with van der Waals surface area (Å²) in [4.78, 5) is 10.9. The topological polar surface area (TPSA) is 85.2 Å². The van der Waals surface area contributed by atoms with E-state index >= 15 is 0 Å². The van der Waals surface area contributed by atoms with Gasteiger partial charge in [0.05, 0.1) is 31.3 Å². The highest BCUT2D eigenvalue weighted by molar-refractivity contribution is 6.55. The van der Waals surface area contributed by atoms with E-state index in [1.807, 2.05) is 27.7 Å². The summed E-state index contributed by atoms with van der Waals surface area (Å²) in [6, 6.07) is 5.15. The fourth-order valence-electron chi connectivity index (χ4n) is 2.56. The van der Waals surface area contributed by atoms with Crippen molar-refractivity contribution < 1.29 is 29.1 Å². The number of benzene rings is 1. The molecule has 25 heavy (non-hydrogen) atoms. The summed E-state index contributed by atoms with van der Waals surface area (Å²) in [5.74, 6) is -0.329. The highest BCUT2D eigenvalue weighted by Gasteiger charge is 2.52. The van der Waals surface area contributed by atoms with Crippen molar-refractivity contribution in [3.63, 3.8) is 0 Å². The van der Waals surface area contributed by atoms with Crippen LogP contribution in [0.3, 0.4) is 0 Å². The molecule has 0 aliphatic carbocycles. The van der Waals surface area contributed by atoms with E-state index < -0.39 is 24.3 Å². The maximum atomic E-state index is 10.9. The predicted molar refractivity (Wildman–Crippen MR) is 95.5 cm³/mol. The molecule has 1 fully saturated rings. The first-order valence-electron chi connectivity index (χ1n) is 8.15. The monoisotopic (exact) mass is 348 g/mol. The molecule has 7 heteroatoms. The van der Waals surface area contributed by atoms with Gasteiger partial charge < -0.3 is 24.3 Å². The fraction of sp³-hybridized carbons (Fsp3) is 0.500. The quantitative estimate of drug-likeness (QED) is 0.768. The largest absolute Gasteiger partial charge is 0.496 e. The zero-order chi connectivity index (χ0) is 18.8. The molecule has 2 N–H and O–H groups in total. The van der Waals surface area contributed by atoms with E-state index in [4.69, 9.17) is 19.2 Å². The summed E-state index contributed by atoms with van der Waals surface area (Å²) >= 11 is 0. The third-order valence-electron chi connectivity index (χ3n) is 4.73. The van der Waals surface area contributed by atoms with Gasteiger partial charge in [0.15, 0.2) is 0 Å². The number of carbonyl (C=O) groups is 1. The summed E-state index contributed by atoms with van der Waals surface area (Å²) < 4.78 is 17.3. The van der Waals surface area contributed by atoms with Crippen LogP contribution in [0, 0.1) is 0 Å². The Labute approximate surface area is 148 Å². The summed E-state index contributed by atoms with van der Waals surface area (Å²) in [5, 5.41) is 18.8. The molecule has 0 spiro atoms. The van der Waals surface area contributed by atoms with Crippen LogP contribution in [-0.2, 0) is 20.5 Å². The van der Waals surface area contributed by atoms with Gasteiger partial charge in [-0.25, -0.2) is 0 Å². The van der Waals surface area contributed by atoms with Crippen LogP contribution in [0.4, 0.5) is 0 Å². The van der Waals surface area contributed by atoms with Gasteiger partial charge in [-0.15, -0.1) is 0 Å². The van der Waals surface area contributed by atoms with E-state index in [0.717, 1.165) is 0 Å². The van der Waals surface area contributed by atoms with Crippen LogP contribution in [0.5, 0.6) is 5.75 Å². The Morgan fingerprint density at radius 3 is 2.32 bits per heavy atom. The summed E-state index contributed by atoms with van der Waals surface area (Å²) in [7, 11) is 0.861. The Kier molecular flexibility index (Phi) is 5.61. The minimum atomic E-state index is -0.909. The third-order valence-corrected chi connectivity index (χ3v) is 4.73. The molecule has 1 heterocycles. The molecule has 0 aromatic heterocycles. The van der Waals surface area contributed by atoms with E-state index in [1.54, 1.807) is 24.3 Å². The van der Waals surface area contributed by atoms with Gasteiger partial charge in [0, 0.05) is 5.56 Å². The van der Waals surface area contributed by atoms with E-state index in [9.17, 15) is 9.90 Å². The van der Waals surface area contributed by atoms with Gasteiger partial charge in [-0.1, -0.05) is 12.1 Å². The van der Waals surface area contributed by atoms with Gasteiger partial charge in [0.25, 0.3) is 0 Å². The van der Waals surface area contributed by atoms with Gasteiger partial charge >= 0.3 is 13.1 Å². The Hall–Kier alpha value is -1.83. The molecule has 2 rings (SSSR count). The lowest BCUT2D eigenvalue weighted by Gasteiger charge is -2.32. The van der Waals surface area contributed by atoms with Crippen molar-refractivity contribution in [3.05, 3.63) is 34.8 Å². The number of aliphatic hydroxyl groups excluding tert-OH is 1. The number of carboxylic acids is 1. The number of ether oxygens (including phenoxy) is 1. The Bertz CT molecular complexity index is 664. The second kappa shape index (κ2) is 7.19. The van der Waals surface area contributed by atoms with Crippen LogP contribution in [0.15, 0.2) is 23.7 Å². The Morgan fingerprint density at radius 2 is 1.84 bits per heavy atom. The van der Waals surface area contributed by atoms with Crippen LogP contribution in [0.25, 0.3) is 6.08 Å². The predicted octanol–water partition coefficient (Wildman–Crippen LogP) is 2.33. The molecule has 0 amide bonds. The summed E-state index contributed by atoms with van der Waals surface area (Å²) in [6.07, 6.45) is 1.64. The van der Waals surface area contributed by atoms with Crippen molar-refractivity contribution in [2.45, 2.75) is 45.3 Å². The van der Waals surface area contributed by atoms with Crippen LogP contribution in [0.1, 0.15) is 38.8 Å². The maximum absolute atomic E-state index is 10.9. The molecule has 0 bridgehead atoms. The molecule has 1 aromatic rings. The smallest absolute Gasteiger partial charge is 0.492 e. The van der Waals surface area contributed by atoms with Crippen molar-refractivity contribution >= 4 is 19.2 Å². The number of rotatable bonds is 6. The second-order valence-electron chi connectivity index (χ2n) is 7.11. The van der Waals surface area contributed by atoms with Gasteiger partial charge in [-0.2, -0.15) is 0 Å². The lowest BCUT2D eigenvalue weighted by atomic mass is 9.77. The van der Waals surface area contributed by atoms with Crippen LogP contribution in [-0.4, -0.2) is 48.2 Å². The maximum Gasteiger partial charge on any atom is 0.492 e. The molecule has 0 atom stereocenters. The molecule has 1 saturated heterocycles. The van der Waals surface area contributed by atoms with E-state index in [1.165, 1.54) is 7.11 Å². The molecule has 0 radical (unpaired) electrons. The standard InChI is InChI=1S/C18H25BO6/c1-17(2)18(3,4)25-19(24-17)14(11-20)10-13-8-12(9-16(21)22)6-7-15(13)23-5/h6-8,10,20H,9,11H2,1-5H3,(H,21,22). The average molecular weight is 348 g/mol. The molecule has 136 valence electrons. The van der Waals surface area contributed by atoms with Gasteiger partial charge in [-0.3, -0.25) is 4.79 Å². The van der Waals surface area contributed by atoms with Gasteiger partial charge in [0.2, 0.25) is 0 Å². The summed E-state index contributed by atoms with van der Waals surface area (Å²) in [6.45, 7) is 7.52. The first-order valence-corrected chi connectivity index (χ1v) is 8.15. The molecule has 0 saturated carbocycles. The zero-order valence-electron chi connectivity index (χ0n) is 15.3. The van der Waals surface area contributed by atoms with Crippen LogP contribution >= 0.6 is 0 Å². The molecular formula is C18H25BO6. The van der Waals surface area contributed by atoms with Gasteiger partial charge in [-0.05, 0) is 50.9 Å². The van der Waals surface area contributed by atoms with Crippen molar-refractivity contribution in [2.75, 3.05) is 13.7 Å². The normalized spacial score (nSPS) is 19.1. The SMILES string of the molecule is COc1ccc(CC(=O)O)cc1C=C(CO)B1OC(C)(C)C(C)(C)O1. The minimum Gasteiger partial charge on any atom is -0.496 e. The Morgan fingerprint density at radius 1 is 1.24 bits per heavy atom. The highest BCUT2D eigenvalue weighted by atomic mass is 16.7. The number of carboxylic acid groups (broad SMARTS) is 1. The van der Waals surface area contributed by atoms with Crippen molar-refractivity contribution in [3.8, 4) is 5.75 Å². The van der Waals surface area contributed by atoms with E-state index in [0.29, 0.717) is 22.3 Å². The molecule has 1 aliphatic rings. The summed E-state index contributed by atoms with van der Waals surface area (Å²) in [5.41, 5.74) is 0.831. The van der Waals surface area contributed by atoms with Crippen LogP contribution < -0.4 is 4.74 Å². The number of aliphatic carboxylic acids is 1. The number of methoxy groups -OCH3 is 1. The van der Waals surface area contributed by atoms with E-state index in [-0.39, 0.29) is 13.0 Å². The first kappa shape index (κ1) is 19.5. The van der Waals surface area contributed by atoms with Crippen LogP contribution in [0.2, 0.25) is 0 Å². The zero-order valence-corrected chi connectivity index (χ0v) is 15.3. The molecule has 6 nitrogen and oxygen atoms in total. The Balaban J connectivity index is 2.37. The number of hydrogen-bond donors (Lipinski definition) is 2. The minimum absolute atomic E-state index is 0.0875. The fourth-order valence-corrected chi connectivity index (χ4v) is 2.56. The molecule has 1 aromatic carbocycles.